The molecule has 0 saturated heterocycles. The van der Waals surface area contributed by atoms with E-state index in [9.17, 15) is 0 Å². The molecule has 2 rings (SSSR count). The van der Waals surface area contributed by atoms with Crippen LogP contribution >= 0.6 is 0 Å². The van der Waals surface area contributed by atoms with E-state index in [2.05, 4.69) is 14.7 Å². The van der Waals surface area contributed by atoms with Crippen molar-refractivity contribution in [3.05, 3.63) is 36.7 Å². The second-order valence-electron chi connectivity index (χ2n) is 2.20. The molecule has 0 atom stereocenters. The van der Waals surface area contributed by atoms with Crippen molar-refractivity contribution >= 4 is 0 Å². The number of nitrogens with zero attached hydrogens (tertiary/aromatic N) is 3. The quantitative estimate of drug-likeness (QED) is 0.637. The summed E-state index contributed by atoms with van der Waals surface area (Å²) in [5.74, 6) is 0.696. The molecule has 0 N–H and O–H groups in total. The second kappa shape index (κ2) is 2.57. The van der Waals surface area contributed by atoms with Gasteiger partial charge < -0.3 is 9.09 Å². The number of aromatic nitrogens is 3. The van der Waals surface area contributed by atoms with Crippen LogP contribution in [-0.2, 0) is 6.54 Å². The van der Waals surface area contributed by atoms with Crippen LogP contribution < -0.4 is 0 Å². The highest BCUT2D eigenvalue weighted by molar-refractivity contribution is 4.93. The maximum absolute atomic E-state index is 4.59. The summed E-state index contributed by atoms with van der Waals surface area (Å²) < 4.78 is 6.57. The van der Waals surface area contributed by atoms with Crippen LogP contribution in [0, 0.1) is 0 Å². The van der Waals surface area contributed by atoms with Gasteiger partial charge in [0, 0.05) is 12.4 Å². The lowest BCUT2D eigenvalue weighted by atomic mass is 10.6. The summed E-state index contributed by atoms with van der Waals surface area (Å²) in [4.78, 5) is 3.89. The maximum atomic E-state index is 4.59. The Labute approximate surface area is 63.5 Å². The average molecular weight is 149 g/mol. The van der Waals surface area contributed by atoms with Crippen LogP contribution in [-0.4, -0.2) is 14.7 Å². The molecule has 0 unspecified atom stereocenters. The highest BCUT2D eigenvalue weighted by atomic mass is 16.5. The molecule has 2 aromatic rings. The summed E-state index contributed by atoms with van der Waals surface area (Å²) in [6, 6.07) is 3.92. The molecular weight excluding hydrogens is 142 g/mol. The third-order valence-corrected chi connectivity index (χ3v) is 1.40. The lowest BCUT2D eigenvalue weighted by molar-refractivity contribution is 0.408. The summed E-state index contributed by atoms with van der Waals surface area (Å²) in [5.41, 5.74) is 0. The Balaban J connectivity index is 2.14. The minimum Gasteiger partial charge on any atom is -0.347 e. The Morgan fingerprint density at radius 1 is 1.36 bits per heavy atom. The third-order valence-electron chi connectivity index (χ3n) is 1.40. The molecule has 0 spiro atoms. The maximum Gasteiger partial charge on any atom is 0.213 e. The fourth-order valence-corrected chi connectivity index (χ4v) is 0.901. The zero-order chi connectivity index (χ0) is 7.52. The Morgan fingerprint density at radius 2 is 2.18 bits per heavy atom. The third kappa shape index (κ3) is 1.29. The molecule has 4 heteroatoms. The van der Waals surface area contributed by atoms with E-state index in [1.165, 1.54) is 6.39 Å². The molecule has 0 aliphatic rings. The van der Waals surface area contributed by atoms with Gasteiger partial charge in [-0.3, -0.25) is 0 Å². The van der Waals surface area contributed by atoms with Gasteiger partial charge in [-0.1, -0.05) is 5.16 Å². The molecule has 4 nitrogen and oxygen atoms in total. The summed E-state index contributed by atoms with van der Waals surface area (Å²) in [6.45, 7) is 0.670. The zero-order valence-electron chi connectivity index (χ0n) is 5.84. The molecule has 0 aromatic carbocycles. The molecule has 11 heavy (non-hydrogen) atoms. The van der Waals surface area contributed by atoms with Crippen LogP contribution in [0.4, 0.5) is 0 Å². The van der Waals surface area contributed by atoms with E-state index in [-0.39, 0.29) is 0 Å². The van der Waals surface area contributed by atoms with E-state index in [1.807, 2.05) is 29.1 Å². The van der Waals surface area contributed by atoms with Gasteiger partial charge in [-0.25, -0.2) is 0 Å². The van der Waals surface area contributed by atoms with Gasteiger partial charge in [0.05, 0.1) is 6.54 Å². The Bertz CT molecular complexity index is 266. The van der Waals surface area contributed by atoms with E-state index in [4.69, 9.17) is 0 Å². The molecule has 0 amide bonds. The summed E-state index contributed by atoms with van der Waals surface area (Å²) in [7, 11) is 0. The largest absolute Gasteiger partial charge is 0.347 e. The van der Waals surface area contributed by atoms with Gasteiger partial charge in [-0.05, 0) is 12.1 Å². The van der Waals surface area contributed by atoms with Crippen LogP contribution in [0.2, 0.25) is 0 Å². The summed E-state index contributed by atoms with van der Waals surface area (Å²) in [6.07, 6.45) is 5.24. The van der Waals surface area contributed by atoms with Crippen LogP contribution in [0.5, 0.6) is 0 Å². The first-order valence-electron chi connectivity index (χ1n) is 3.31. The predicted octanol–water partition coefficient (Wildman–Crippen LogP) is 0.919. The molecule has 0 radical (unpaired) electrons. The summed E-state index contributed by atoms with van der Waals surface area (Å²) >= 11 is 0. The Hall–Kier alpha value is -1.58. The molecule has 2 heterocycles. The van der Waals surface area contributed by atoms with E-state index in [1.54, 1.807) is 0 Å². The SMILES string of the molecule is c1ccn(Cc2ncon2)c1. The van der Waals surface area contributed by atoms with Gasteiger partial charge in [0.15, 0.2) is 5.82 Å². The fraction of sp³-hybridized carbons (Fsp3) is 0.143. The molecule has 56 valence electrons. The molecule has 2 aromatic heterocycles. The van der Waals surface area contributed by atoms with E-state index in [0.29, 0.717) is 12.4 Å². The topological polar surface area (TPSA) is 43.9 Å². The number of rotatable bonds is 2. The minimum absolute atomic E-state index is 0.670. The molecule has 0 bridgehead atoms. The predicted molar refractivity (Wildman–Crippen MR) is 37.8 cm³/mol. The van der Waals surface area contributed by atoms with Gasteiger partial charge in [-0.15, -0.1) is 0 Å². The number of hydrogen-bond acceptors (Lipinski definition) is 3. The second-order valence-corrected chi connectivity index (χ2v) is 2.20. The number of hydrogen-bond donors (Lipinski definition) is 0. The Morgan fingerprint density at radius 3 is 2.82 bits per heavy atom. The highest BCUT2D eigenvalue weighted by Crippen LogP contribution is 1.95. The lowest BCUT2D eigenvalue weighted by Crippen LogP contribution is -1.97. The van der Waals surface area contributed by atoms with Crippen molar-refractivity contribution in [1.29, 1.82) is 0 Å². The lowest BCUT2D eigenvalue weighted by Gasteiger charge is -1.94. The normalized spacial score (nSPS) is 10.2. The van der Waals surface area contributed by atoms with Crippen molar-refractivity contribution in [3.8, 4) is 0 Å². The smallest absolute Gasteiger partial charge is 0.213 e. The standard InChI is InChI=1S/C7H7N3O/c1-2-4-10(3-1)5-7-8-6-11-9-7/h1-4,6H,5H2. The van der Waals surface area contributed by atoms with Crippen molar-refractivity contribution < 1.29 is 4.52 Å². The summed E-state index contributed by atoms with van der Waals surface area (Å²) in [5, 5.41) is 3.68. The van der Waals surface area contributed by atoms with Gasteiger partial charge >= 0.3 is 0 Å². The van der Waals surface area contributed by atoms with Gasteiger partial charge in [0.1, 0.15) is 0 Å². The molecule has 0 aliphatic carbocycles. The molecular formula is C7H7N3O. The minimum atomic E-state index is 0.670. The van der Waals surface area contributed by atoms with Crippen LogP contribution in [0.15, 0.2) is 35.4 Å². The zero-order valence-corrected chi connectivity index (χ0v) is 5.84. The monoisotopic (exact) mass is 149 g/mol. The first-order valence-corrected chi connectivity index (χ1v) is 3.31. The van der Waals surface area contributed by atoms with Crippen molar-refractivity contribution in [2.24, 2.45) is 0 Å². The van der Waals surface area contributed by atoms with Crippen molar-refractivity contribution in [2.45, 2.75) is 6.54 Å². The van der Waals surface area contributed by atoms with Crippen LogP contribution in [0.25, 0.3) is 0 Å². The highest BCUT2D eigenvalue weighted by Gasteiger charge is 1.96. The first kappa shape index (κ1) is 6.15. The van der Waals surface area contributed by atoms with Crippen molar-refractivity contribution in [1.82, 2.24) is 14.7 Å². The van der Waals surface area contributed by atoms with E-state index in [0.717, 1.165) is 0 Å². The average Bonchev–Trinajstić information content (AvgIpc) is 2.60. The van der Waals surface area contributed by atoms with Crippen LogP contribution in [0.3, 0.4) is 0 Å². The Kier molecular flexibility index (Phi) is 1.44. The van der Waals surface area contributed by atoms with E-state index >= 15 is 0 Å². The molecule has 0 fully saturated rings. The van der Waals surface area contributed by atoms with Crippen molar-refractivity contribution in [3.63, 3.8) is 0 Å². The fourth-order valence-electron chi connectivity index (χ4n) is 0.901. The van der Waals surface area contributed by atoms with Crippen molar-refractivity contribution in [2.75, 3.05) is 0 Å². The van der Waals surface area contributed by atoms with Crippen LogP contribution in [0.1, 0.15) is 5.82 Å². The van der Waals surface area contributed by atoms with E-state index < -0.39 is 0 Å². The first-order chi connectivity index (χ1) is 5.45. The van der Waals surface area contributed by atoms with Gasteiger partial charge in [0.25, 0.3) is 0 Å². The molecule has 0 saturated carbocycles. The molecule has 0 aliphatic heterocycles. The van der Waals surface area contributed by atoms with Gasteiger partial charge in [0.2, 0.25) is 6.39 Å². The van der Waals surface area contributed by atoms with Gasteiger partial charge in [-0.2, -0.15) is 4.98 Å².